The molecule has 0 radical (unpaired) electrons. The van der Waals surface area contributed by atoms with E-state index in [1.165, 1.54) is 6.42 Å². The highest BCUT2D eigenvalue weighted by molar-refractivity contribution is 6.14. The molecule has 2 saturated carbocycles. The Kier molecular flexibility index (Phi) is 2.01. The molecule has 0 aliphatic heterocycles. The van der Waals surface area contributed by atoms with Gasteiger partial charge in [0, 0.05) is 12.3 Å². The first-order chi connectivity index (χ1) is 6.17. The van der Waals surface area contributed by atoms with Crippen LogP contribution in [0.5, 0.6) is 0 Å². The van der Waals surface area contributed by atoms with Crippen LogP contribution in [0.2, 0.25) is 0 Å². The summed E-state index contributed by atoms with van der Waals surface area (Å²) in [6.07, 6.45) is 5.47. The summed E-state index contributed by atoms with van der Waals surface area (Å²) in [6.45, 7) is 1.89. The van der Waals surface area contributed by atoms with Crippen LogP contribution < -0.4 is 0 Å². The van der Waals surface area contributed by atoms with E-state index in [0.29, 0.717) is 6.42 Å². The van der Waals surface area contributed by atoms with Crippen LogP contribution in [0.4, 0.5) is 0 Å². The van der Waals surface area contributed by atoms with Crippen molar-refractivity contribution >= 4 is 11.6 Å². The Labute approximate surface area is 78.7 Å². The van der Waals surface area contributed by atoms with Crippen molar-refractivity contribution in [3.05, 3.63) is 0 Å². The molecule has 0 saturated heterocycles. The van der Waals surface area contributed by atoms with Gasteiger partial charge in [0.15, 0.2) is 0 Å². The zero-order valence-electron chi connectivity index (χ0n) is 8.14. The lowest BCUT2D eigenvalue weighted by Gasteiger charge is -2.30. The van der Waals surface area contributed by atoms with Crippen LogP contribution in [0.1, 0.15) is 45.4 Å². The third kappa shape index (κ3) is 1.15. The van der Waals surface area contributed by atoms with Gasteiger partial charge in [-0.1, -0.05) is 26.2 Å². The third-order valence-electron chi connectivity index (χ3n) is 3.65. The minimum atomic E-state index is -0.516. The van der Waals surface area contributed by atoms with Crippen LogP contribution in [-0.2, 0) is 9.59 Å². The van der Waals surface area contributed by atoms with Gasteiger partial charge in [-0.15, -0.1) is 0 Å². The molecule has 1 spiro atoms. The van der Waals surface area contributed by atoms with E-state index in [0.717, 1.165) is 25.7 Å². The fraction of sp³-hybridized carbons (Fsp3) is 0.818. The number of carbonyl (C=O) groups is 2. The van der Waals surface area contributed by atoms with Gasteiger partial charge in [0.05, 0.1) is 5.41 Å². The largest absolute Gasteiger partial charge is 0.299 e. The number of hydrogen-bond acceptors (Lipinski definition) is 2. The van der Waals surface area contributed by atoms with Gasteiger partial charge in [0.25, 0.3) is 0 Å². The second-order valence-electron chi connectivity index (χ2n) is 4.54. The molecule has 0 aromatic carbocycles. The Balaban J connectivity index is 2.28. The molecular weight excluding hydrogens is 164 g/mol. The Morgan fingerprint density at radius 1 is 1.15 bits per heavy atom. The highest BCUT2D eigenvalue weighted by atomic mass is 16.2. The van der Waals surface area contributed by atoms with E-state index in [2.05, 4.69) is 0 Å². The number of hydrogen-bond donors (Lipinski definition) is 0. The molecule has 2 heteroatoms. The molecule has 2 fully saturated rings. The zero-order valence-corrected chi connectivity index (χ0v) is 8.14. The van der Waals surface area contributed by atoms with Crippen LogP contribution in [-0.4, -0.2) is 11.6 Å². The molecule has 1 unspecified atom stereocenters. The molecule has 0 aromatic heterocycles. The molecule has 0 amide bonds. The first kappa shape index (κ1) is 8.92. The Hall–Kier alpha value is -0.660. The number of ketones is 2. The van der Waals surface area contributed by atoms with Gasteiger partial charge in [-0.05, 0) is 12.8 Å². The van der Waals surface area contributed by atoms with Crippen LogP contribution in [0, 0.1) is 11.3 Å². The van der Waals surface area contributed by atoms with E-state index >= 15 is 0 Å². The van der Waals surface area contributed by atoms with Gasteiger partial charge >= 0.3 is 0 Å². The molecule has 0 aromatic rings. The summed E-state index contributed by atoms with van der Waals surface area (Å²) < 4.78 is 0. The smallest absolute Gasteiger partial charge is 0.149 e. The molecule has 0 heterocycles. The lowest BCUT2D eigenvalue weighted by atomic mass is 9.71. The average molecular weight is 180 g/mol. The maximum Gasteiger partial charge on any atom is 0.149 e. The van der Waals surface area contributed by atoms with Crippen molar-refractivity contribution in [3.8, 4) is 0 Å². The van der Waals surface area contributed by atoms with Crippen molar-refractivity contribution in [2.75, 3.05) is 0 Å². The maximum absolute atomic E-state index is 11.9. The predicted molar refractivity (Wildman–Crippen MR) is 49.3 cm³/mol. The van der Waals surface area contributed by atoms with Gasteiger partial charge in [-0.25, -0.2) is 0 Å². The molecule has 2 nitrogen and oxygen atoms in total. The molecule has 1 atom stereocenters. The lowest BCUT2D eigenvalue weighted by Crippen LogP contribution is -2.35. The number of Topliss-reactive ketones (excluding diaryl/α,β-unsaturated/α-hetero) is 2. The van der Waals surface area contributed by atoms with Gasteiger partial charge < -0.3 is 0 Å². The SMILES string of the molecule is CC1CC(=O)C2(CCCCC2)C1=O. The van der Waals surface area contributed by atoms with E-state index in [1.807, 2.05) is 6.92 Å². The molecule has 13 heavy (non-hydrogen) atoms. The summed E-state index contributed by atoms with van der Waals surface area (Å²) in [7, 11) is 0. The van der Waals surface area contributed by atoms with Crippen LogP contribution in [0.25, 0.3) is 0 Å². The number of rotatable bonds is 0. The van der Waals surface area contributed by atoms with E-state index in [-0.39, 0.29) is 17.5 Å². The third-order valence-corrected chi connectivity index (χ3v) is 3.65. The van der Waals surface area contributed by atoms with Gasteiger partial charge in [0.2, 0.25) is 0 Å². The lowest BCUT2D eigenvalue weighted by molar-refractivity contribution is -0.137. The van der Waals surface area contributed by atoms with Crippen molar-refractivity contribution < 1.29 is 9.59 Å². The Morgan fingerprint density at radius 3 is 2.23 bits per heavy atom. The minimum absolute atomic E-state index is 0.00870. The standard InChI is InChI=1S/C11H16O2/c1-8-7-9(12)11(10(8)13)5-3-2-4-6-11/h8H,2-7H2,1H3. The van der Waals surface area contributed by atoms with Gasteiger partial charge in [0.1, 0.15) is 11.6 Å². The van der Waals surface area contributed by atoms with Crippen molar-refractivity contribution in [1.82, 2.24) is 0 Å². The Bertz CT molecular complexity index is 249. The normalized spacial score (nSPS) is 32.8. The highest BCUT2D eigenvalue weighted by Gasteiger charge is 2.52. The van der Waals surface area contributed by atoms with E-state index < -0.39 is 5.41 Å². The molecule has 2 aliphatic carbocycles. The summed E-state index contributed by atoms with van der Waals surface area (Å²) in [6, 6.07) is 0. The summed E-state index contributed by atoms with van der Waals surface area (Å²) in [4.78, 5) is 23.6. The van der Waals surface area contributed by atoms with Crippen LogP contribution in [0.3, 0.4) is 0 Å². The average Bonchev–Trinajstić information content (AvgIpc) is 2.34. The zero-order chi connectivity index (χ0) is 9.47. The molecule has 72 valence electrons. The first-order valence-electron chi connectivity index (χ1n) is 5.24. The van der Waals surface area contributed by atoms with Crippen molar-refractivity contribution in [2.24, 2.45) is 11.3 Å². The fourth-order valence-electron chi connectivity index (χ4n) is 2.86. The molecule has 0 bridgehead atoms. The quantitative estimate of drug-likeness (QED) is 0.535. The molecule has 0 N–H and O–H groups in total. The van der Waals surface area contributed by atoms with Crippen molar-refractivity contribution in [1.29, 1.82) is 0 Å². The van der Waals surface area contributed by atoms with E-state index in [4.69, 9.17) is 0 Å². The minimum Gasteiger partial charge on any atom is -0.299 e. The summed E-state index contributed by atoms with van der Waals surface area (Å²) in [5, 5.41) is 0. The monoisotopic (exact) mass is 180 g/mol. The maximum atomic E-state index is 11.9. The highest BCUT2D eigenvalue weighted by Crippen LogP contribution is 2.45. The topological polar surface area (TPSA) is 34.1 Å². The van der Waals surface area contributed by atoms with E-state index in [9.17, 15) is 9.59 Å². The summed E-state index contributed by atoms with van der Waals surface area (Å²) >= 11 is 0. The molecular formula is C11H16O2. The predicted octanol–water partition coefficient (Wildman–Crippen LogP) is 2.11. The molecule has 2 aliphatic rings. The van der Waals surface area contributed by atoms with Crippen LogP contribution in [0.15, 0.2) is 0 Å². The Morgan fingerprint density at radius 2 is 1.77 bits per heavy atom. The fourth-order valence-corrected chi connectivity index (χ4v) is 2.86. The van der Waals surface area contributed by atoms with E-state index in [1.54, 1.807) is 0 Å². The first-order valence-corrected chi connectivity index (χ1v) is 5.24. The second-order valence-corrected chi connectivity index (χ2v) is 4.54. The van der Waals surface area contributed by atoms with Gasteiger partial charge in [-0.2, -0.15) is 0 Å². The number of carbonyl (C=O) groups excluding carboxylic acids is 2. The van der Waals surface area contributed by atoms with Crippen molar-refractivity contribution in [3.63, 3.8) is 0 Å². The summed E-state index contributed by atoms with van der Waals surface area (Å²) in [5.74, 6) is 0.451. The summed E-state index contributed by atoms with van der Waals surface area (Å²) in [5.41, 5.74) is -0.516. The molecule has 2 rings (SSSR count). The van der Waals surface area contributed by atoms with Gasteiger partial charge in [-0.3, -0.25) is 9.59 Å². The second kappa shape index (κ2) is 2.93. The van der Waals surface area contributed by atoms with Crippen molar-refractivity contribution in [2.45, 2.75) is 45.4 Å². The van der Waals surface area contributed by atoms with Crippen LogP contribution >= 0.6 is 0 Å².